The first kappa shape index (κ1) is 16.5. The van der Waals surface area contributed by atoms with Gasteiger partial charge in [0, 0.05) is 11.8 Å². The van der Waals surface area contributed by atoms with E-state index in [-0.39, 0.29) is 6.10 Å². The zero-order valence-corrected chi connectivity index (χ0v) is 14.6. The predicted octanol–water partition coefficient (Wildman–Crippen LogP) is 2.86. The fraction of sp³-hybridized carbons (Fsp3) is 0.688. The van der Waals surface area contributed by atoms with Crippen molar-refractivity contribution in [2.75, 3.05) is 19.8 Å². The lowest BCUT2D eigenvalue weighted by molar-refractivity contribution is -0.0945. The molecule has 0 spiro atoms. The maximum absolute atomic E-state index is 5.75. The van der Waals surface area contributed by atoms with Crippen LogP contribution in [0, 0.1) is 6.92 Å². The van der Waals surface area contributed by atoms with Crippen molar-refractivity contribution in [2.45, 2.75) is 52.2 Å². The van der Waals surface area contributed by atoms with E-state index >= 15 is 0 Å². The Morgan fingerprint density at radius 3 is 2.91 bits per heavy atom. The second-order valence-corrected chi connectivity index (χ2v) is 6.87. The summed E-state index contributed by atoms with van der Waals surface area (Å²) in [7, 11) is 0. The van der Waals surface area contributed by atoms with Crippen LogP contribution in [0.15, 0.2) is 5.38 Å². The van der Waals surface area contributed by atoms with Gasteiger partial charge in [0.05, 0.1) is 31.4 Å². The van der Waals surface area contributed by atoms with Crippen molar-refractivity contribution in [3.8, 4) is 11.5 Å². The van der Waals surface area contributed by atoms with Gasteiger partial charge in [-0.15, -0.1) is 11.3 Å². The van der Waals surface area contributed by atoms with Gasteiger partial charge in [-0.1, -0.05) is 19.8 Å². The van der Waals surface area contributed by atoms with Crippen molar-refractivity contribution >= 4 is 11.3 Å². The molecule has 3 heterocycles. The van der Waals surface area contributed by atoms with E-state index in [0.717, 1.165) is 35.2 Å². The quantitative estimate of drug-likeness (QED) is 0.728. The molecule has 0 radical (unpaired) electrons. The summed E-state index contributed by atoms with van der Waals surface area (Å²) in [6.07, 6.45) is 4.48. The molecule has 1 aliphatic heterocycles. The third-order valence-corrected chi connectivity index (χ3v) is 4.60. The molecule has 1 saturated heterocycles. The summed E-state index contributed by atoms with van der Waals surface area (Å²) in [5.74, 6) is 1.74. The summed E-state index contributed by atoms with van der Waals surface area (Å²) in [6, 6.07) is 0. The first-order chi connectivity index (χ1) is 11.3. The lowest BCUT2D eigenvalue weighted by Gasteiger charge is -2.23. The molecule has 2 aromatic heterocycles. The largest absolute Gasteiger partial charge is 0.376 e. The molecular formula is C16H24N4O2S. The molecule has 126 valence electrons. The van der Waals surface area contributed by atoms with Gasteiger partial charge in [-0.25, -0.2) is 14.6 Å². The van der Waals surface area contributed by atoms with Crippen molar-refractivity contribution in [3.05, 3.63) is 16.2 Å². The van der Waals surface area contributed by atoms with Crippen molar-refractivity contribution in [2.24, 2.45) is 0 Å². The summed E-state index contributed by atoms with van der Waals surface area (Å²) in [4.78, 5) is 9.30. The van der Waals surface area contributed by atoms with Crippen LogP contribution >= 0.6 is 11.3 Å². The Morgan fingerprint density at radius 1 is 1.30 bits per heavy atom. The van der Waals surface area contributed by atoms with Crippen LogP contribution in [0.4, 0.5) is 0 Å². The van der Waals surface area contributed by atoms with Crippen LogP contribution in [-0.2, 0) is 22.4 Å². The van der Waals surface area contributed by atoms with E-state index in [1.807, 2.05) is 17.0 Å². The van der Waals surface area contributed by atoms with Gasteiger partial charge in [-0.2, -0.15) is 5.10 Å². The van der Waals surface area contributed by atoms with Crippen molar-refractivity contribution in [1.82, 2.24) is 19.7 Å². The van der Waals surface area contributed by atoms with Gasteiger partial charge in [-0.3, -0.25) is 0 Å². The number of aryl methyl sites for hydroxylation is 2. The maximum Gasteiger partial charge on any atom is 0.178 e. The summed E-state index contributed by atoms with van der Waals surface area (Å²) in [6.45, 7) is 6.81. The summed E-state index contributed by atoms with van der Waals surface area (Å²) < 4.78 is 13.2. The minimum Gasteiger partial charge on any atom is -0.376 e. The summed E-state index contributed by atoms with van der Waals surface area (Å²) in [5, 5.41) is 7.78. The average Bonchev–Trinajstić information content (AvgIpc) is 3.15. The molecule has 0 N–H and O–H groups in total. The Kier molecular flexibility index (Phi) is 5.75. The molecule has 1 fully saturated rings. The number of ether oxygens (including phenoxy) is 2. The fourth-order valence-electron chi connectivity index (χ4n) is 2.65. The minimum absolute atomic E-state index is 0.0347. The van der Waals surface area contributed by atoms with E-state index in [1.54, 1.807) is 11.3 Å². The molecule has 6 nitrogen and oxygen atoms in total. The lowest BCUT2D eigenvalue weighted by atomic mass is 10.2. The van der Waals surface area contributed by atoms with Crippen molar-refractivity contribution in [3.63, 3.8) is 0 Å². The van der Waals surface area contributed by atoms with Crippen LogP contribution in [0.1, 0.15) is 37.0 Å². The molecule has 0 amide bonds. The zero-order chi connectivity index (χ0) is 16.1. The van der Waals surface area contributed by atoms with Gasteiger partial charge in [0.15, 0.2) is 11.6 Å². The molecule has 0 bridgehead atoms. The highest BCUT2D eigenvalue weighted by Gasteiger charge is 2.20. The van der Waals surface area contributed by atoms with E-state index in [0.29, 0.717) is 26.4 Å². The molecule has 23 heavy (non-hydrogen) atoms. The number of aromatic nitrogens is 4. The molecule has 7 heteroatoms. The topological polar surface area (TPSA) is 62.1 Å². The normalized spacial score (nSPS) is 18.4. The lowest BCUT2D eigenvalue weighted by Crippen LogP contribution is -2.32. The van der Waals surface area contributed by atoms with Gasteiger partial charge in [0.2, 0.25) is 0 Å². The number of hydrogen-bond acceptors (Lipinski definition) is 6. The Balaban J connectivity index is 1.79. The highest BCUT2D eigenvalue weighted by Crippen LogP contribution is 2.21. The molecule has 1 atom stereocenters. The number of rotatable bonds is 7. The Labute approximate surface area is 140 Å². The molecular weight excluding hydrogens is 312 g/mol. The van der Waals surface area contributed by atoms with Crippen LogP contribution in [0.2, 0.25) is 0 Å². The summed E-state index contributed by atoms with van der Waals surface area (Å²) in [5.41, 5.74) is 0.901. The third-order valence-electron chi connectivity index (χ3n) is 3.83. The smallest absolute Gasteiger partial charge is 0.178 e. The SMILES string of the molecule is CCCCCc1nc(-c2csc(C)n2)n(C[C@@H]2COCCO2)n1. The van der Waals surface area contributed by atoms with Gasteiger partial charge in [0.1, 0.15) is 11.8 Å². The first-order valence-corrected chi connectivity index (χ1v) is 9.19. The standard InChI is InChI=1S/C16H24N4O2S/c1-3-4-5-6-15-18-16(14-11-23-12(2)17-14)20(19-15)9-13-10-21-7-8-22-13/h11,13H,3-10H2,1-2H3/t13-/m1/s1. The van der Waals surface area contributed by atoms with Crippen LogP contribution < -0.4 is 0 Å². The maximum atomic E-state index is 5.75. The molecule has 1 aliphatic rings. The second kappa shape index (κ2) is 7.99. The molecule has 0 unspecified atom stereocenters. The van der Waals surface area contributed by atoms with Crippen LogP contribution in [0.25, 0.3) is 11.5 Å². The van der Waals surface area contributed by atoms with E-state index in [1.165, 1.54) is 12.8 Å². The van der Waals surface area contributed by atoms with Crippen LogP contribution in [-0.4, -0.2) is 45.7 Å². The molecule has 0 aromatic carbocycles. The van der Waals surface area contributed by atoms with Gasteiger partial charge in [-0.05, 0) is 13.3 Å². The van der Waals surface area contributed by atoms with E-state index in [2.05, 4.69) is 11.9 Å². The Bertz CT molecular complexity index is 619. The Morgan fingerprint density at radius 2 is 2.22 bits per heavy atom. The number of hydrogen-bond donors (Lipinski definition) is 0. The first-order valence-electron chi connectivity index (χ1n) is 8.32. The van der Waals surface area contributed by atoms with Crippen molar-refractivity contribution < 1.29 is 9.47 Å². The third kappa shape index (κ3) is 4.37. The predicted molar refractivity (Wildman–Crippen MR) is 89.7 cm³/mol. The molecule has 0 aliphatic carbocycles. The highest BCUT2D eigenvalue weighted by molar-refractivity contribution is 7.09. The number of nitrogens with zero attached hydrogens (tertiary/aromatic N) is 4. The zero-order valence-electron chi connectivity index (χ0n) is 13.8. The molecule has 0 saturated carbocycles. The Hall–Kier alpha value is -1.31. The molecule has 2 aromatic rings. The van der Waals surface area contributed by atoms with Crippen LogP contribution in [0.5, 0.6) is 0 Å². The van der Waals surface area contributed by atoms with E-state index in [9.17, 15) is 0 Å². The van der Waals surface area contributed by atoms with E-state index < -0.39 is 0 Å². The fourth-order valence-corrected chi connectivity index (χ4v) is 3.24. The number of unbranched alkanes of at least 4 members (excludes halogenated alkanes) is 2. The average molecular weight is 336 g/mol. The van der Waals surface area contributed by atoms with Gasteiger partial charge in [0.25, 0.3) is 0 Å². The molecule has 3 rings (SSSR count). The number of thiazole rings is 1. The van der Waals surface area contributed by atoms with Crippen molar-refractivity contribution in [1.29, 1.82) is 0 Å². The van der Waals surface area contributed by atoms with E-state index in [4.69, 9.17) is 19.6 Å². The minimum atomic E-state index is 0.0347. The monoisotopic (exact) mass is 336 g/mol. The van der Waals surface area contributed by atoms with Gasteiger partial charge < -0.3 is 9.47 Å². The van der Waals surface area contributed by atoms with Gasteiger partial charge >= 0.3 is 0 Å². The highest BCUT2D eigenvalue weighted by atomic mass is 32.1. The summed E-state index contributed by atoms with van der Waals surface area (Å²) >= 11 is 1.64. The second-order valence-electron chi connectivity index (χ2n) is 5.81. The van der Waals surface area contributed by atoms with Crippen LogP contribution in [0.3, 0.4) is 0 Å².